The summed E-state index contributed by atoms with van der Waals surface area (Å²) in [6.07, 6.45) is 1.71. The Morgan fingerprint density at radius 3 is 2.10 bits per heavy atom. The van der Waals surface area contributed by atoms with Gasteiger partial charge in [-0.05, 0) is 39.7 Å². The highest BCUT2D eigenvalue weighted by molar-refractivity contribution is 6.13. The van der Waals surface area contributed by atoms with Crippen LogP contribution in [0.5, 0.6) is 0 Å². The number of pyridine rings is 1. The number of fused-ring (bicyclic) bond motifs is 3. The van der Waals surface area contributed by atoms with Crippen LogP contribution in [0.2, 0.25) is 0 Å². The van der Waals surface area contributed by atoms with Crippen molar-refractivity contribution in [3.05, 3.63) is 102 Å². The van der Waals surface area contributed by atoms with Gasteiger partial charge in [-0.25, -0.2) is 10.4 Å². The Balaban J connectivity index is 1.49. The van der Waals surface area contributed by atoms with E-state index in [0.717, 1.165) is 38.0 Å². The number of hydrogen-bond acceptors (Lipinski definition) is 3. The first-order valence-electron chi connectivity index (χ1n) is 9.39. The summed E-state index contributed by atoms with van der Waals surface area (Å²) in [5, 5.41) is 9.68. The lowest BCUT2D eigenvalue weighted by atomic mass is 9.97. The molecule has 1 heterocycles. The molecule has 1 N–H and O–H groups in total. The molecule has 0 saturated heterocycles. The Hall–Kier alpha value is -4.05. The van der Waals surface area contributed by atoms with Crippen molar-refractivity contribution in [1.82, 2.24) is 10.4 Å². The molecule has 0 fully saturated rings. The molecule has 138 valence electrons. The fourth-order valence-corrected chi connectivity index (χ4v) is 3.59. The van der Waals surface area contributed by atoms with Crippen molar-refractivity contribution in [2.24, 2.45) is 5.10 Å². The van der Waals surface area contributed by atoms with Crippen molar-refractivity contribution in [3.8, 4) is 0 Å². The van der Waals surface area contributed by atoms with Gasteiger partial charge in [-0.3, -0.25) is 4.79 Å². The lowest BCUT2D eigenvalue weighted by molar-refractivity contribution is 0.0950. The van der Waals surface area contributed by atoms with Gasteiger partial charge in [0.15, 0.2) is 0 Å². The summed E-state index contributed by atoms with van der Waals surface area (Å²) in [6, 6.07) is 29.8. The largest absolute Gasteiger partial charge is 0.289 e. The number of hydrogen-bond donors (Lipinski definition) is 1. The Labute approximate surface area is 167 Å². The number of amides is 1. The molecule has 1 amide bonds. The van der Waals surface area contributed by atoms with Gasteiger partial charge >= 0.3 is 0 Å². The number of benzene rings is 4. The highest BCUT2D eigenvalue weighted by Crippen LogP contribution is 2.27. The van der Waals surface area contributed by atoms with E-state index in [2.05, 4.69) is 45.8 Å². The SMILES string of the molecule is O=C(N/N=C\c1c2ccccc2cc2ccccc12)c1ccc2ccccc2n1. The van der Waals surface area contributed by atoms with Gasteiger partial charge in [0.1, 0.15) is 5.69 Å². The van der Waals surface area contributed by atoms with E-state index < -0.39 is 0 Å². The Morgan fingerprint density at radius 2 is 1.38 bits per heavy atom. The fourth-order valence-electron chi connectivity index (χ4n) is 3.59. The first-order chi connectivity index (χ1) is 14.3. The van der Waals surface area contributed by atoms with Crippen LogP contribution < -0.4 is 5.43 Å². The molecular formula is C25H17N3O. The van der Waals surface area contributed by atoms with Crippen molar-refractivity contribution in [3.63, 3.8) is 0 Å². The fraction of sp³-hybridized carbons (Fsp3) is 0. The third-order valence-electron chi connectivity index (χ3n) is 5.00. The van der Waals surface area contributed by atoms with Crippen LogP contribution in [0.4, 0.5) is 0 Å². The number of carbonyl (C=O) groups excluding carboxylic acids is 1. The van der Waals surface area contributed by atoms with E-state index in [4.69, 9.17) is 0 Å². The molecule has 0 unspecified atom stereocenters. The van der Waals surface area contributed by atoms with E-state index in [9.17, 15) is 4.79 Å². The van der Waals surface area contributed by atoms with E-state index >= 15 is 0 Å². The molecule has 5 rings (SSSR count). The van der Waals surface area contributed by atoms with Gasteiger partial charge in [0, 0.05) is 10.9 Å². The predicted molar refractivity (Wildman–Crippen MR) is 118 cm³/mol. The highest BCUT2D eigenvalue weighted by Gasteiger charge is 2.08. The first-order valence-corrected chi connectivity index (χ1v) is 9.39. The van der Waals surface area contributed by atoms with Gasteiger partial charge in [0.2, 0.25) is 0 Å². The van der Waals surface area contributed by atoms with E-state index in [0.29, 0.717) is 5.69 Å². The van der Waals surface area contributed by atoms with Crippen LogP contribution in [-0.2, 0) is 0 Å². The summed E-state index contributed by atoms with van der Waals surface area (Å²) >= 11 is 0. The molecule has 0 radical (unpaired) electrons. The molecule has 0 aliphatic rings. The molecular weight excluding hydrogens is 358 g/mol. The maximum atomic E-state index is 12.5. The molecule has 4 heteroatoms. The Morgan fingerprint density at radius 1 is 0.759 bits per heavy atom. The van der Waals surface area contributed by atoms with E-state index in [1.807, 2.05) is 54.6 Å². The van der Waals surface area contributed by atoms with Gasteiger partial charge in [0.25, 0.3) is 5.91 Å². The zero-order valence-electron chi connectivity index (χ0n) is 15.5. The van der Waals surface area contributed by atoms with Crippen LogP contribution >= 0.6 is 0 Å². The normalized spacial score (nSPS) is 11.4. The maximum absolute atomic E-state index is 12.5. The number of rotatable bonds is 3. The summed E-state index contributed by atoms with van der Waals surface area (Å²) in [4.78, 5) is 16.9. The quantitative estimate of drug-likeness (QED) is 0.264. The number of nitrogens with one attached hydrogen (secondary N) is 1. The number of nitrogens with zero attached hydrogens (tertiary/aromatic N) is 2. The molecule has 0 aliphatic carbocycles. The van der Waals surface area contributed by atoms with Crippen molar-refractivity contribution >= 4 is 44.6 Å². The molecule has 4 nitrogen and oxygen atoms in total. The number of hydrazone groups is 1. The third-order valence-corrected chi connectivity index (χ3v) is 5.00. The molecule has 0 atom stereocenters. The van der Waals surface area contributed by atoms with Gasteiger partial charge < -0.3 is 0 Å². The average Bonchev–Trinajstić information content (AvgIpc) is 2.78. The lowest BCUT2D eigenvalue weighted by Crippen LogP contribution is -2.19. The minimum atomic E-state index is -0.337. The van der Waals surface area contributed by atoms with Crippen LogP contribution in [-0.4, -0.2) is 17.1 Å². The average molecular weight is 375 g/mol. The molecule has 0 saturated carbocycles. The Kier molecular flexibility index (Phi) is 4.22. The van der Waals surface area contributed by atoms with Crippen LogP contribution in [0, 0.1) is 0 Å². The molecule has 0 bridgehead atoms. The van der Waals surface area contributed by atoms with Crippen molar-refractivity contribution in [2.45, 2.75) is 0 Å². The van der Waals surface area contributed by atoms with Crippen LogP contribution in [0.1, 0.15) is 16.1 Å². The second-order valence-electron chi connectivity index (χ2n) is 6.82. The summed E-state index contributed by atoms with van der Waals surface area (Å²) in [6.45, 7) is 0. The van der Waals surface area contributed by atoms with Crippen molar-refractivity contribution in [2.75, 3.05) is 0 Å². The van der Waals surface area contributed by atoms with E-state index in [1.165, 1.54) is 0 Å². The topological polar surface area (TPSA) is 54.4 Å². The highest BCUT2D eigenvalue weighted by atomic mass is 16.2. The monoisotopic (exact) mass is 375 g/mol. The van der Waals surface area contributed by atoms with E-state index in [-0.39, 0.29) is 5.91 Å². The second kappa shape index (κ2) is 7.17. The number of aromatic nitrogens is 1. The molecule has 0 spiro atoms. The smallest absolute Gasteiger partial charge is 0.266 e. The van der Waals surface area contributed by atoms with E-state index in [1.54, 1.807) is 12.3 Å². The van der Waals surface area contributed by atoms with Gasteiger partial charge in [0.05, 0.1) is 11.7 Å². The molecule has 29 heavy (non-hydrogen) atoms. The zero-order chi connectivity index (χ0) is 19.6. The third kappa shape index (κ3) is 3.21. The minimum Gasteiger partial charge on any atom is -0.266 e. The van der Waals surface area contributed by atoms with Crippen LogP contribution in [0.15, 0.2) is 96.1 Å². The zero-order valence-corrected chi connectivity index (χ0v) is 15.5. The lowest BCUT2D eigenvalue weighted by Gasteiger charge is -2.08. The van der Waals surface area contributed by atoms with Gasteiger partial charge in [-0.15, -0.1) is 0 Å². The predicted octanol–water partition coefficient (Wildman–Crippen LogP) is 5.31. The molecule has 0 aliphatic heterocycles. The summed E-state index contributed by atoms with van der Waals surface area (Å²) < 4.78 is 0. The Bertz CT molecular complexity index is 1350. The molecule has 1 aromatic heterocycles. The van der Waals surface area contributed by atoms with Crippen LogP contribution in [0.25, 0.3) is 32.4 Å². The standard InChI is InChI=1S/C25H17N3O/c29-25(24-14-13-17-7-3-6-12-23(17)27-24)28-26-16-22-20-10-4-1-8-18(20)15-19-9-2-5-11-21(19)22/h1-16H,(H,28,29)/b26-16-. The summed E-state index contributed by atoms with van der Waals surface area (Å²) in [7, 11) is 0. The summed E-state index contributed by atoms with van der Waals surface area (Å²) in [5.74, 6) is -0.337. The second-order valence-corrected chi connectivity index (χ2v) is 6.82. The van der Waals surface area contributed by atoms with Crippen molar-refractivity contribution < 1.29 is 4.79 Å². The number of carbonyl (C=O) groups is 1. The van der Waals surface area contributed by atoms with Crippen molar-refractivity contribution in [1.29, 1.82) is 0 Å². The maximum Gasteiger partial charge on any atom is 0.289 e. The minimum absolute atomic E-state index is 0.337. The molecule has 4 aromatic carbocycles. The number of para-hydroxylation sites is 1. The molecule has 5 aromatic rings. The van der Waals surface area contributed by atoms with Gasteiger partial charge in [-0.2, -0.15) is 5.10 Å². The summed E-state index contributed by atoms with van der Waals surface area (Å²) in [5.41, 5.74) is 4.71. The van der Waals surface area contributed by atoms with Gasteiger partial charge in [-0.1, -0.05) is 72.8 Å². The van der Waals surface area contributed by atoms with Crippen LogP contribution in [0.3, 0.4) is 0 Å². The first kappa shape index (κ1) is 17.1.